The number of anilines is 1. The summed E-state index contributed by atoms with van der Waals surface area (Å²) in [6.45, 7) is 1.01. The number of nitrogens with two attached hydrogens (primary N) is 1. The summed E-state index contributed by atoms with van der Waals surface area (Å²) in [7, 11) is 0. The number of nitrogen functional groups attached to an aromatic ring is 1. The quantitative estimate of drug-likeness (QED) is 0.451. The average Bonchev–Trinajstić information content (AvgIpc) is 2.19. The lowest BCUT2D eigenvalue weighted by Gasteiger charge is -2.15. The van der Waals surface area contributed by atoms with Crippen molar-refractivity contribution in [3.05, 3.63) is 11.4 Å². The summed E-state index contributed by atoms with van der Waals surface area (Å²) in [5, 5.41) is 34.4. The van der Waals surface area contributed by atoms with Crippen molar-refractivity contribution in [2.24, 2.45) is 0 Å². The van der Waals surface area contributed by atoms with Gasteiger partial charge in [-0.1, -0.05) is 0 Å². The highest BCUT2D eigenvalue weighted by Crippen LogP contribution is 2.16. The second-order valence-electron chi connectivity index (χ2n) is 2.84. The third-order valence-corrected chi connectivity index (χ3v) is 1.74. The SMILES string of the molecule is Cc1nnc(N)nc1[C@H](O)[C@H](O)CO. The third kappa shape index (κ3) is 2.13. The maximum atomic E-state index is 9.50. The largest absolute Gasteiger partial charge is 0.394 e. The molecule has 1 rings (SSSR count). The first-order chi connectivity index (χ1) is 6.56. The van der Waals surface area contributed by atoms with Gasteiger partial charge in [-0.3, -0.25) is 0 Å². The monoisotopic (exact) mass is 200 g/mol. The molecule has 0 saturated heterocycles. The smallest absolute Gasteiger partial charge is 0.240 e. The molecule has 0 aliphatic rings. The number of hydrogen-bond acceptors (Lipinski definition) is 7. The van der Waals surface area contributed by atoms with Crippen LogP contribution < -0.4 is 5.73 Å². The fraction of sp³-hybridized carbons (Fsp3) is 0.571. The molecule has 0 bridgehead atoms. The van der Waals surface area contributed by atoms with Gasteiger partial charge in [0, 0.05) is 0 Å². The first kappa shape index (κ1) is 10.8. The molecule has 0 aliphatic heterocycles. The van der Waals surface area contributed by atoms with Gasteiger partial charge in [-0.05, 0) is 6.92 Å². The molecule has 1 aromatic heterocycles. The van der Waals surface area contributed by atoms with E-state index in [0.29, 0.717) is 5.69 Å². The van der Waals surface area contributed by atoms with Gasteiger partial charge in [0.15, 0.2) is 0 Å². The highest BCUT2D eigenvalue weighted by atomic mass is 16.4. The zero-order valence-corrected chi connectivity index (χ0v) is 7.62. The lowest BCUT2D eigenvalue weighted by molar-refractivity contribution is -0.0178. The van der Waals surface area contributed by atoms with Crippen LogP contribution in [-0.2, 0) is 0 Å². The highest BCUT2D eigenvalue weighted by molar-refractivity contribution is 5.20. The van der Waals surface area contributed by atoms with Crippen LogP contribution >= 0.6 is 0 Å². The van der Waals surface area contributed by atoms with Gasteiger partial charge in [-0.2, -0.15) is 5.10 Å². The second-order valence-corrected chi connectivity index (χ2v) is 2.84. The van der Waals surface area contributed by atoms with Gasteiger partial charge >= 0.3 is 0 Å². The first-order valence-electron chi connectivity index (χ1n) is 4.00. The molecule has 0 spiro atoms. The molecule has 0 aliphatic carbocycles. The molecule has 7 nitrogen and oxygen atoms in total. The van der Waals surface area contributed by atoms with E-state index in [1.807, 2.05) is 0 Å². The van der Waals surface area contributed by atoms with Crippen LogP contribution in [0.25, 0.3) is 0 Å². The number of aliphatic hydroxyl groups excluding tert-OH is 3. The topological polar surface area (TPSA) is 125 Å². The number of hydrogen-bond donors (Lipinski definition) is 4. The maximum absolute atomic E-state index is 9.50. The summed E-state index contributed by atoms with van der Waals surface area (Å²) in [5.74, 6) is -0.0882. The zero-order valence-electron chi connectivity index (χ0n) is 7.62. The van der Waals surface area contributed by atoms with Crippen molar-refractivity contribution in [1.29, 1.82) is 0 Å². The average molecular weight is 200 g/mol. The van der Waals surface area contributed by atoms with Crippen LogP contribution in [0.15, 0.2) is 0 Å². The van der Waals surface area contributed by atoms with Crippen LogP contribution in [0.1, 0.15) is 17.5 Å². The molecule has 5 N–H and O–H groups in total. The fourth-order valence-electron chi connectivity index (χ4n) is 0.966. The van der Waals surface area contributed by atoms with Gasteiger partial charge in [0.05, 0.1) is 18.0 Å². The standard InChI is InChI=1S/C7H12N4O3/c1-3-5(6(14)4(13)2-12)9-7(8)11-10-3/h4,6,12-14H,2H2,1H3,(H2,8,9,11)/t4-,6-/m1/s1. The molecule has 1 heterocycles. The Bertz CT molecular complexity index is 320. The summed E-state index contributed by atoms with van der Waals surface area (Å²) < 4.78 is 0. The van der Waals surface area contributed by atoms with Crippen LogP contribution in [0.3, 0.4) is 0 Å². The van der Waals surface area contributed by atoms with E-state index in [1.54, 1.807) is 6.92 Å². The number of aryl methyl sites for hydroxylation is 1. The van der Waals surface area contributed by atoms with Gasteiger partial charge in [0.2, 0.25) is 5.95 Å². The van der Waals surface area contributed by atoms with Crippen LogP contribution in [0, 0.1) is 6.92 Å². The van der Waals surface area contributed by atoms with Gasteiger partial charge in [0.1, 0.15) is 12.2 Å². The van der Waals surface area contributed by atoms with Gasteiger partial charge in [-0.25, -0.2) is 4.98 Å². The second kappa shape index (κ2) is 4.27. The van der Waals surface area contributed by atoms with Gasteiger partial charge in [-0.15, -0.1) is 5.10 Å². The predicted octanol–water partition coefficient (Wildman–Crippen LogP) is -1.85. The van der Waals surface area contributed by atoms with Gasteiger partial charge in [0.25, 0.3) is 0 Å². The van der Waals surface area contributed by atoms with E-state index in [4.69, 9.17) is 15.9 Å². The van der Waals surface area contributed by atoms with Crippen molar-refractivity contribution < 1.29 is 15.3 Å². The Morgan fingerprint density at radius 1 is 1.36 bits per heavy atom. The van der Waals surface area contributed by atoms with E-state index in [9.17, 15) is 5.11 Å². The normalized spacial score (nSPS) is 15.1. The lowest BCUT2D eigenvalue weighted by atomic mass is 10.1. The van der Waals surface area contributed by atoms with E-state index < -0.39 is 18.8 Å². The minimum atomic E-state index is -1.31. The molecule has 0 saturated carbocycles. The van der Waals surface area contributed by atoms with Crippen molar-refractivity contribution in [3.63, 3.8) is 0 Å². The summed E-state index contributed by atoms with van der Waals surface area (Å²) >= 11 is 0. The fourth-order valence-corrected chi connectivity index (χ4v) is 0.966. The van der Waals surface area contributed by atoms with E-state index in [0.717, 1.165) is 0 Å². The molecule has 0 radical (unpaired) electrons. The predicted molar refractivity (Wildman–Crippen MR) is 47.0 cm³/mol. The molecule has 7 heteroatoms. The van der Waals surface area contributed by atoms with Crippen LogP contribution in [0.5, 0.6) is 0 Å². The Kier molecular flexibility index (Phi) is 3.28. The number of aromatic nitrogens is 3. The molecule has 78 valence electrons. The lowest BCUT2D eigenvalue weighted by Crippen LogP contribution is -2.24. The zero-order chi connectivity index (χ0) is 10.7. The van der Waals surface area contributed by atoms with Crippen molar-refractivity contribution in [2.75, 3.05) is 12.3 Å². The Hall–Kier alpha value is -1.31. The van der Waals surface area contributed by atoms with E-state index in [1.165, 1.54) is 0 Å². The molecule has 1 aromatic rings. The Morgan fingerprint density at radius 2 is 2.00 bits per heavy atom. The number of aliphatic hydroxyl groups is 3. The summed E-state index contributed by atoms with van der Waals surface area (Å²) in [6.07, 6.45) is -2.61. The number of nitrogens with zero attached hydrogens (tertiary/aromatic N) is 3. The molecule has 0 fully saturated rings. The number of rotatable bonds is 3. The highest BCUT2D eigenvalue weighted by Gasteiger charge is 2.21. The van der Waals surface area contributed by atoms with Crippen molar-refractivity contribution in [1.82, 2.24) is 15.2 Å². The van der Waals surface area contributed by atoms with Crippen molar-refractivity contribution >= 4 is 5.95 Å². The molecule has 0 unspecified atom stereocenters. The summed E-state index contributed by atoms with van der Waals surface area (Å²) in [6, 6.07) is 0. The summed E-state index contributed by atoms with van der Waals surface area (Å²) in [5.41, 5.74) is 5.75. The van der Waals surface area contributed by atoms with Crippen molar-refractivity contribution in [2.45, 2.75) is 19.1 Å². The van der Waals surface area contributed by atoms with Crippen LogP contribution in [0.4, 0.5) is 5.95 Å². The molecular formula is C7H12N4O3. The molecule has 14 heavy (non-hydrogen) atoms. The molecule has 0 aromatic carbocycles. The third-order valence-electron chi connectivity index (χ3n) is 1.74. The van der Waals surface area contributed by atoms with Crippen LogP contribution in [0.2, 0.25) is 0 Å². The molecule has 0 amide bonds. The molecule has 2 atom stereocenters. The minimum Gasteiger partial charge on any atom is -0.394 e. The van der Waals surface area contributed by atoms with Gasteiger partial charge < -0.3 is 21.1 Å². The summed E-state index contributed by atoms with van der Waals surface area (Å²) in [4.78, 5) is 3.72. The van der Waals surface area contributed by atoms with E-state index >= 15 is 0 Å². The van der Waals surface area contributed by atoms with E-state index in [2.05, 4.69) is 15.2 Å². The Morgan fingerprint density at radius 3 is 2.57 bits per heavy atom. The van der Waals surface area contributed by atoms with Crippen LogP contribution in [-0.4, -0.2) is 43.2 Å². The Labute approximate surface area is 80.2 Å². The first-order valence-corrected chi connectivity index (χ1v) is 4.00. The molecular weight excluding hydrogens is 188 g/mol. The minimum absolute atomic E-state index is 0.0882. The Balaban J connectivity index is 2.99. The van der Waals surface area contributed by atoms with E-state index in [-0.39, 0.29) is 11.6 Å². The maximum Gasteiger partial charge on any atom is 0.240 e. The van der Waals surface area contributed by atoms with Crippen molar-refractivity contribution in [3.8, 4) is 0 Å².